The van der Waals surface area contributed by atoms with Crippen LogP contribution in [0.2, 0.25) is 0 Å². The summed E-state index contributed by atoms with van der Waals surface area (Å²) in [7, 11) is 0. The standard InChI is InChI=1S/C20H32N2O4/c1-4-14(12-19(23)24)15-5-6-18(17(21)11-15)22(13-20(2,3)25)16-7-9-26-10-8-16/h5-6,11,14,16,25H,4,7-10,12-13,21H2,1-3H3,(H,23,24). The van der Waals surface area contributed by atoms with Gasteiger partial charge in [0, 0.05) is 25.8 Å². The van der Waals surface area contributed by atoms with Gasteiger partial charge in [0.05, 0.1) is 23.4 Å². The number of hydrogen-bond donors (Lipinski definition) is 3. The van der Waals surface area contributed by atoms with E-state index < -0.39 is 11.6 Å². The van der Waals surface area contributed by atoms with Gasteiger partial charge >= 0.3 is 5.97 Å². The van der Waals surface area contributed by atoms with E-state index in [4.69, 9.17) is 15.6 Å². The van der Waals surface area contributed by atoms with Crippen molar-refractivity contribution in [3.8, 4) is 0 Å². The fraction of sp³-hybridized carbons (Fsp3) is 0.650. The first kappa shape index (κ1) is 20.5. The molecule has 6 nitrogen and oxygen atoms in total. The van der Waals surface area contributed by atoms with Crippen molar-refractivity contribution in [2.45, 2.75) is 64.0 Å². The maximum Gasteiger partial charge on any atom is 0.303 e. The molecule has 6 heteroatoms. The van der Waals surface area contributed by atoms with Crippen LogP contribution in [-0.2, 0) is 9.53 Å². The predicted octanol–water partition coefficient (Wildman–Crippen LogP) is 2.99. The van der Waals surface area contributed by atoms with Crippen LogP contribution in [-0.4, -0.2) is 47.6 Å². The minimum Gasteiger partial charge on any atom is -0.481 e. The first-order chi connectivity index (χ1) is 12.2. The monoisotopic (exact) mass is 364 g/mol. The minimum atomic E-state index is -0.849. The SMILES string of the molecule is CCC(CC(=O)O)c1ccc(N(CC(C)(C)O)C2CCOCC2)c(N)c1. The van der Waals surface area contributed by atoms with E-state index in [0.717, 1.165) is 30.5 Å². The zero-order valence-corrected chi connectivity index (χ0v) is 16.1. The Kier molecular flexibility index (Phi) is 6.89. The number of carbonyl (C=O) groups is 1. The highest BCUT2D eigenvalue weighted by Gasteiger charge is 2.28. The second-order valence-electron chi connectivity index (χ2n) is 7.81. The number of nitrogen functional groups attached to an aromatic ring is 1. The van der Waals surface area contributed by atoms with Gasteiger partial charge in [-0.1, -0.05) is 13.0 Å². The molecule has 0 amide bonds. The molecule has 26 heavy (non-hydrogen) atoms. The summed E-state index contributed by atoms with van der Waals surface area (Å²) in [4.78, 5) is 13.3. The molecule has 1 unspecified atom stereocenters. The van der Waals surface area contributed by atoms with Crippen LogP contribution in [0, 0.1) is 0 Å². The largest absolute Gasteiger partial charge is 0.481 e. The highest BCUT2D eigenvalue weighted by molar-refractivity contribution is 5.71. The molecule has 0 spiro atoms. The number of aliphatic hydroxyl groups is 1. The van der Waals surface area contributed by atoms with Gasteiger partial charge in [0.25, 0.3) is 0 Å². The van der Waals surface area contributed by atoms with Gasteiger partial charge in [-0.05, 0) is 56.7 Å². The van der Waals surface area contributed by atoms with E-state index in [1.807, 2.05) is 25.1 Å². The molecule has 4 N–H and O–H groups in total. The van der Waals surface area contributed by atoms with Gasteiger partial charge in [0.2, 0.25) is 0 Å². The molecule has 0 bridgehead atoms. The van der Waals surface area contributed by atoms with E-state index in [1.165, 1.54) is 0 Å². The second kappa shape index (κ2) is 8.73. The molecule has 0 saturated carbocycles. The van der Waals surface area contributed by atoms with Gasteiger partial charge in [0.1, 0.15) is 0 Å². The molecule has 1 atom stereocenters. The van der Waals surface area contributed by atoms with Crippen LogP contribution >= 0.6 is 0 Å². The Labute approximate surface area is 155 Å². The van der Waals surface area contributed by atoms with Crippen molar-refractivity contribution in [2.24, 2.45) is 0 Å². The molecule has 146 valence electrons. The van der Waals surface area contributed by atoms with Gasteiger partial charge in [-0.3, -0.25) is 4.79 Å². The van der Waals surface area contributed by atoms with Gasteiger partial charge in [0.15, 0.2) is 0 Å². The number of benzene rings is 1. The molecule has 1 aromatic carbocycles. The summed E-state index contributed by atoms with van der Waals surface area (Å²) in [5.41, 5.74) is 7.99. The number of hydrogen-bond acceptors (Lipinski definition) is 5. The van der Waals surface area contributed by atoms with Crippen molar-refractivity contribution >= 4 is 17.3 Å². The number of carboxylic acids is 1. The number of ether oxygens (including phenoxy) is 1. The summed E-state index contributed by atoms with van der Waals surface area (Å²) in [6, 6.07) is 6.10. The van der Waals surface area contributed by atoms with E-state index in [-0.39, 0.29) is 18.4 Å². The quantitative estimate of drug-likeness (QED) is 0.614. The summed E-state index contributed by atoms with van der Waals surface area (Å²) < 4.78 is 5.47. The van der Waals surface area contributed by atoms with E-state index in [1.54, 1.807) is 13.8 Å². The lowest BCUT2D eigenvalue weighted by Crippen LogP contribution is -2.47. The number of nitrogens with zero attached hydrogens (tertiary/aromatic N) is 1. The topological polar surface area (TPSA) is 96.0 Å². The number of nitrogens with two attached hydrogens (primary N) is 1. The molecule has 1 aromatic rings. The van der Waals surface area contributed by atoms with Gasteiger partial charge < -0.3 is 25.6 Å². The molecule has 1 fully saturated rings. The Morgan fingerprint density at radius 3 is 2.54 bits per heavy atom. The molecule has 2 rings (SSSR count). The lowest BCUT2D eigenvalue weighted by atomic mass is 9.92. The third-order valence-corrected chi connectivity index (χ3v) is 4.94. The normalized spacial score (nSPS) is 17.1. The Morgan fingerprint density at radius 2 is 2.04 bits per heavy atom. The molecule has 1 saturated heterocycles. The minimum absolute atomic E-state index is 0.0466. The molecule has 1 aliphatic rings. The van der Waals surface area contributed by atoms with Crippen LogP contribution in [0.4, 0.5) is 11.4 Å². The molecule has 0 aromatic heterocycles. The van der Waals surface area contributed by atoms with Crippen LogP contribution in [0.1, 0.15) is 57.9 Å². The van der Waals surface area contributed by atoms with Crippen molar-refractivity contribution < 1.29 is 19.7 Å². The number of carboxylic acid groups (broad SMARTS) is 1. The maximum atomic E-state index is 11.1. The summed E-state index contributed by atoms with van der Waals surface area (Å²) in [5, 5.41) is 19.5. The van der Waals surface area contributed by atoms with Gasteiger partial charge in [-0.15, -0.1) is 0 Å². The number of aliphatic carboxylic acids is 1. The first-order valence-corrected chi connectivity index (χ1v) is 9.39. The van der Waals surface area contributed by atoms with Gasteiger partial charge in [-0.25, -0.2) is 0 Å². The first-order valence-electron chi connectivity index (χ1n) is 9.39. The maximum absolute atomic E-state index is 11.1. The zero-order valence-electron chi connectivity index (χ0n) is 16.1. The number of rotatable bonds is 8. The summed E-state index contributed by atoms with van der Waals surface area (Å²) in [6.45, 7) is 7.48. The molecular formula is C20H32N2O4. The molecular weight excluding hydrogens is 332 g/mol. The Morgan fingerprint density at radius 1 is 1.38 bits per heavy atom. The van der Waals surface area contributed by atoms with Crippen LogP contribution in [0.5, 0.6) is 0 Å². The van der Waals surface area contributed by atoms with E-state index in [2.05, 4.69) is 4.90 Å². The highest BCUT2D eigenvalue weighted by Crippen LogP contribution is 2.34. The fourth-order valence-corrected chi connectivity index (χ4v) is 3.62. The Balaban J connectivity index is 2.30. The Hall–Kier alpha value is -1.79. The molecule has 0 radical (unpaired) electrons. The van der Waals surface area contributed by atoms with Crippen molar-refractivity contribution in [2.75, 3.05) is 30.4 Å². The van der Waals surface area contributed by atoms with E-state index in [0.29, 0.717) is 25.4 Å². The molecule has 0 aliphatic carbocycles. The van der Waals surface area contributed by atoms with Crippen molar-refractivity contribution in [1.82, 2.24) is 0 Å². The highest BCUT2D eigenvalue weighted by atomic mass is 16.5. The third-order valence-electron chi connectivity index (χ3n) is 4.94. The van der Waals surface area contributed by atoms with E-state index >= 15 is 0 Å². The lowest BCUT2D eigenvalue weighted by Gasteiger charge is -2.40. The third kappa shape index (κ3) is 5.61. The van der Waals surface area contributed by atoms with Crippen molar-refractivity contribution in [3.63, 3.8) is 0 Å². The van der Waals surface area contributed by atoms with E-state index in [9.17, 15) is 9.90 Å². The van der Waals surface area contributed by atoms with Crippen LogP contribution < -0.4 is 10.6 Å². The smallest absolute Gasteiger partial charge is 0.303 e. The second-order valence-corrected chi connectivity index (χ2v) is 7.81. The lowest BCUT2D eigenvalue weighted by molar-refractivity contribution is -0.137. The Bertz CT molecular complexity index is 606. The zero-order chi connectivity index (χ0) is 19.3. The average Bonchev–Trinajstić information content (AvgIpc) is 2.57. The average molecular weight is 364 g/mol. The summed E-state index contributed by atoms with van der Waals surface area (Å²) >= 11 is 0. The predicted molar refractivity (Wildman–Crippen MR) is 104 cm³/mol. The van der Waals surface area contributed by atoms with Gasteiger partial charge in [-0.2, -0.15) is 0 Å². The van der Waals surface area contributed by atoms with Crippen molar-refractivity contribution in [3.05, 3.63) is 23.8 Å². The van der Waals surface area contributed by atoms with Crippen LogP contribution in [0.3, 0.4) is 0 Å². The fourth-order valence-electron chi connectivity index (χ4n) is 3.62. The van der Waals surface area contributed by atoms with Crippen molar-refractivity contribution in [1.29, 1.82) is 0 Å². The van der Waals surface area contributed by atoms with Crippen LogP contribution in [0.15, 0.2) is 18.2 Å². The summed E-state index contributed by atoms with van der Waals surface area (Å²) in [5.74, 6) is -0.847. The molecule has 1 aliphatic heterocycles. The van der Waals surface area contributed by atoms with Crippen LogP contribution in [0.25, 0.3) is 0 Å². The number of anilines is 2. The molecule has 1 heterocycles. The summed E-state index contributed by atoms with van der Waals surface area (Å²) in [6.07, 6.45) is 2.64.